The number of aliphatic hydroxyl groups is 1. The summed E-state index contributed by atoms with van der Waals surface area (Å²) < 4.78 is 5.03. The molecule has 0 radical (unpaired) electrons. The summed E-state index contributed by atoms with van der Waals surface area (Å²) in [5.41, 5.74) is 7.45. The number of nitrogens with two attached hydrogens (primary N) is 1. The van der Waals surface area contributed by atoms with E-state index in [1.54, 1.807) is 0 Å². The second-order valence-corrected chi connectivity index (χ2v) is 4.27. The Bertz CT molecular complexity index is 414. The number of aromatic nitrogens is 2. The third-order valence-electron chi connectivity index (χ3n) is 2.80. The van der Waals surface area contributed by atoms with Gasteiger partial charge in [-0.25, -0.2) is 0 Å². The molecule has 100 valence electrons. The van der Waals surface area contributed by atoms with Crippen molar-refractivity contribution in [3.63, 3.8) is 0 Å². The van der Waals surface area contributed by atoms with Crippen molar-refractivity contribution < 1.29 is 14.6 Å². The molecule has 1 heterocycles. The zero-order valence-corrected chi connectivity index (χ0v) is 10.1. The van der Waals surface area contributed by atoms with Crippen LogP contribution in [0.4, 0.5) is 5.69 Å². The summed E-state index contributed by atoms with van der Waals surface area (Å²) in [6.45, 7) is 0.966. The van der Waals surface area contributed by atoms with Gasteiger partial charge in [0.05, 0.1) is 31.2 Å². The maximum absolute atomic E-state index is 11.8. The standard InChI is InChI=1S/C11H18N4O3/c12-8-9(7-1-2-7)14-15-10(8)11(17)13-3-5-18-6-4-16/h7,16H,1-6,12H2,(H,13,17)(H,14,15). The van der Waals surface area contributed by atoms with E-state index in [0.29, 0.717) is 24.8 Å². The van der Waals surface area contributed by atoms with Crippen LogP contribution in [0, 0.1) is 0 Å². The molecule has 0 atom stereocenters. The van der Waals surface area contributed by atoms with Gasteiger partial charge in [0.2, 0.25) is 0 Å². The van der Waals surface area contributed by atoms with Gasteiger partial charge < -0.3 is 20.9 Å². The first-order valence-electron chi connectivity index (χ1n) is 6.04. The Kier molecular flexibility index (Phi) is 4.16. The number of anilines is 1. The van der Waals surface area contributed by atoms with E-state index in [-0.39, 0.29) is 24.8 Å². The SMILES string of the molecule is Nc1c(C(=O)NCCOCCO)n[nH]c1C1CC1. The van der Waals surface area contributed by atoms with Crippen molar-refractivity contribution in [2.45, 2.75) is 18.8 Å². The number of carbonyl (C=O) groups is 1. The first-order chi connectivity index (χ1) is 8.74. The van der Waals surface area contributed by atoms with E-state index >= 15 is 0 Å². The first-order valence-corrected chi connectivity index (χ1v) is 6.04. The monoisotopic (exact) mass is 254 g/mol. The first kappa shape index (κ1) is 12.8. The Hall–Kier alpha value is -1.60. The molecule has 1 fully saturated rings. The van der Waals surface area contributed by atoms with Gasteiger partial charge in [-0.3, -0.25) is 9.89 Å². The second kappa shape index (κ2) is 5.83. The molecule has 1 aliphatic rings. The maximum Gasteiger partial charge on any atom is 0.274 e. The summed E-state index contributed by atoms with van der Waals surface area (Å²) >= 11 is 0. The summed E-state index contributed by atoms with van der Waals surface area (Å²) in [4.78, 5) is 11.8. The average Bonchev–Trinajstić information content (AvgIpc) is 3.12. The molecule has 0 bridgehead atoms. The Morgan fingerprint density at radius 1 is 1.56 bits per heavy atom. The molecule has 18 heavy (non-hydrogen) atoms. The fraction of sp³-hybridized carbons (Fsp3) is 0.636. The van der Waals surface area contributed by atoms with E-state index in [1.165, 1.54) is 0 Å². The lowest BCUT2D eigenvalue weighted by Gasteiger charge is -2.04. The van der Waals surface area contributed by atoms with Crippen LogP contribution < -0.4 is 11.1 Å². The minimum absolute atomic E-state index is 0.0228. The summed E-state index contributed by atoms with van der Waals surface area (Å²) in [5.74, 6) is 0.134. The third kappa shape index (κ3) is 2.99. The molecule has 0 spiro atoms. The topological polar surface area (TPSA) is 113 Å². The normalized spacial score (nSPS) is 14.7. The molecular weight excluding hydrogens is 236 g/mol. The van der Waals surface area contributed by atoms with Gasteiger partial charge in [-0.15, -0.1) is 0 Å². The molecule has 5 N–H and O–H groups in total. The van der Waals surface area contributed by atoms with Gasteiger partial charge in [0.25, 0.3) is 5.91 Å². The molecule has 0 saturated heterocycles. The van der Waals surface area contributed by atoms with Crippen LogP contribution in [-0.2, 0) is 4.74 Å². The number of nitrogens with zero attached hydrogens (tertiary/aromatic N) is 1. The van der Waals surface area contributed by atoms with Gasteiger partial charge in [0.15, 0.2) is 5.69 Å². The van der Waals surface area contributed by atoms with Gasteiger partial charge in [0.1, 0.15) is 0 Å². The number of hydrogen-bond acceptors (Lipinski definition) is 5. The number of hydrogen-bond donors (Lipinski definition) is 4. The van der Waals surface area contributed by atoms with Crippen molar-refractivity contribution in [3.8, 4) is 0 Å². The minimum Gasteiger partial charge on any atom is -0.395 e. The highest BCUT2D eigenvalue weighted by Gasteiger charge is 2.30. The highest BCUT2D eigenvalue weighted by atomic mass is 16.5. The Morgan fingerprint density at radius 2 is 2.33 bits per heavy atom. The van der Waals surface area contributed by atoms with E-state index < -0.39 is 0 Å². The van der Waals surface area contributed by atoms with Crippen molar-refractivity contribution >= 4 is 11.6 Å². The predicted molar refractivity (Wildman–Crippen MR) is 65.2 cm³/mol. The number of H-pyrrole nitrogens is 1. The van der Waals surface area contributed by atoms with Crippen LogP contribution in [0.3, 0.4) is 0 Å². The maximum atomic E-state index is 11.8. The number of aromatic amines is 1. The van der Waals surface area contributed by atoms with Gasteiger partial charge in [-0.1, -0.05) is 0 Å². The van der Waals surface area contributed by atoms with Crippen LogP contribution in [0.1, 0.15) is 34.9 Å². The number of aliphatic hydroxyl groups excluding tert-OH is 1. The molecule has 2 rings (SSSR count). The molecule has 0 unspecified atom stereocenters. The zero-order valence-electron chi connectivity index (χ0n) is 10.1. The Labute approximate surface area is 105 Å². The zero-order chi connectivity index (χ0) is 13.0. The fourth-order valence-corrected chi connectivity index (χ4v) is 1.71. The summed E-state index contributed by atoms with van der Waals surface area (Å²) in [6.07, 6.45) is 2.20. The van der Waals surface area contributed by atoms with Crippen molar-refractivity contribution in [3.05, 3.63) is 11.4 Å². The van der Waals surface area contributed by atoms with Gasteiger partial charge in [-0.05, 0) is 12.8 Å². The highest BCUT2D eigenvalue weighted by Crippen LogP contribution is 2.42. The molecule has 1 amide bonds. The summed E-state index contributed by atoms with van der Waals surface area (Å²) in [6, 6.07) is 0. The van der Waals surface area contributed by atoms with Crippen LogP contribution in [0.15, 0.2) is 0 Å². The number of carbonyl (C=O) groups excluding carboxylic acids is 1. The molecule has 0 aromatic carbocycles. The molecular formula is C11H18N4O3. The molecule has 1 aromatic heterocycles. The average molecular weight is 254 g/mol. The van der Waals surface area contributed by atoms with Gasteiger partial charge in [-0.2, -0.15) is 5.10 Å². The molecule has 7 nitrogen and oxygen atoms in total. The highest BCUT2D eigenvalue weighted by molar-refractivity contribution is 5.97. The van der Waals surface area contributed by atoms with E-state index in [2.05, 4.69) is 15.5 Å². The van der Waals surface area contributed by atoms with Crippen LogP contribution >= 0.6 is 0 Å². The lowest BCUT2D eigenvalue weighted by atomic mass is 10.2. The Morgan fingerprint density at radius 3 is 3.00 bits per heavy atom. The van der Waals surface area contributed by atoms with Crippen molar-refractivity contribution in [1.29, 1.82) is 0 Å². The number of ether oxygens (including phenoxy) is 1. The third-order valence-corrected chi connectivity index (χ3v) is 2.80. The van der Waals surface area contributed by atoms with Crippen LogP contribution in [0.5, 0.6) is 0 Å². The van der Waals surface area contributed by atoms with Crippen LogP contribution in [0.2, 0.25) is 0 Å². The van der Waals surface area contributed by atoms with Crippen molar-refractivity contribution in [2.24, 2.45) is 0 Å². The molecule has 0 aliphatic heterocycles. The molecule has 1 aromatic rings. The molecule has 1 aliphatic carbocycles. The smallest absolute Gasteiger partial charge is 0.274 e. The summed E-state index contributed by atoms with van der Waals surface area (Å²) in [7, 11) is 0. The quantitative estimate of drug-likeness (QED) is 0.495. The van der Waals surface area contributed by atoms with Gasteiger partial charge in [0, 0.05) is 12.5 Å². The Balaban J connectivity index is 1.81. The predicted octanol–water partition coefficient (Wildman–Crippen LogP) is -0.392. The second-order valence-electron chi connectivity index (χ2n) is 4.27. The number of amides is 1. The summed E-state index contributed by atoms with van der Waals surface area (Å²) in [5, 5.41) is 17.9. The van der Waals surface area contributed by atoms with E-state index in [1.807, 2.05) is 0 Å². The van der Waals surface area contributed by atoms with E-state index in [4.69, 9.17) is 15.6 Å². The van der Waals surface area contributed by atoms with Crippen LogP contribution in [0.25, 0.3) is 0 Å². The number of rotatable bonds is 7. The van der Waals surface area contributed by atoms with Crippen LogP contribution in [-0.4, -0.2) is 47.6 Å². The lowest BCUT2D eigenvalue weighted by Crippen LogP contribution is -2.28. The number of nitrogen functional groups attached to an aromatic ring is 1. The minimum atomic E-state index is -0.303. The van der Waals surface area contributed by atoms with Crippen molar-refractivity contribution in [1.82, 2.24) is 15.5 Å². The van der Waals surface area contributed by atoms with Gasteiger partial charge >= 0.3 is 0 Å². The van der Waals surface area contributed by atoms with Crippen molar-refractivity contribution in [2.75, 3.05) is 32.1 Å². The molecule has 1 saturated carbocycles. The van der Waals surface area contributed by atoms with E-state index in [0.717, 1.165) is 18.5 Å². The fourth-order valence-electron chi connectivity index (χ4n) is 1.71. The largest absolute Gasteiger partial charge is 0.395 e. The lowest BCUT2D eigenvalue weighted by molar-refractivity contribution is 0.0835. The number of nitrogens with one attached hydrogen (secondary N) is 2. The molecule has 7 heteroatoms. The van der Waals surface area contributed by atoms with E-state index in [9.17, 15) is 4.79 Å².